The van der Waals surface area contributed by atoms with Crippen molar-refractivity contribution in [2.45, 2.75) is 6.54 Å². The summed E-state index contributed by atoms with van der Waals surface area (Å²) in [4.78, 5) is 13.6. The summed E-state index contributed by atoms with van der Waals surface area (Å²) in [5, 5.41) is 0. The first-order valence-corrected chi connectivity index (χ1v) is 15.4. The van der Waals surface area contributed by atoms with Crippen molar-refractivity contribution in [3.05, 3.63) is 181 Å². The first-order chi connectivity index (χ1) is 27.5. The third-order valence-corrected chi connectivity index (χ3v) is 8.69. The number of rotatable bonds is 6. The second-order valence-corrected chi connectivity index (χ2v) is 11.9. The number of H-pyrrole nitrogens is 1. The van der Waals surface area contributed by atoms with Crippen molar-refractivity contribution in [3.63, 3.8) is 0 Å². The number of aromatic nitrogens is 2. The van der Waals surface area contributed by atoms with Crippen molar-refractivity contribution >= 4 is 28.0 Å². The van der Waals surface area contributed by atoms with Gasteiger partial charge >= 0.3 is 5.56 Å². The van der Waals surface area contributed by atoms with Gasteiger partial charge in [0.25, 0.3) is 0 Å². The molecule has 0 aliphatic heterocycles. The van der Waals surface area contributed by atoms with Gasteiger partial charge in [-0.3, -0.25) is 4.79 Å². The van der Waals surface area contributed by atoms with Crippen LogP contribution in [0.5, 0.6) is 0 Å². The van der Waals surface area contributed by atoms with Crippen LogP contribution in [0.1, 0.15) is 5.56 Å². The standard InChI is InChI=1S/C24BF20.C11H10N2O/c26-5-1(6(27)14(35)21(42)13(5)34)25(2-7(28)15(36)22(43)16(37)8(2)29,3-9(30)17(38)23(44)18(39)10(3)31)4-11(32)19(40)24(45)20(41)12(4)33;14-11-9-13(7-6-12-11)8-10-4-2-1-3-5-10/h;1-7,9H,8H2/q-1;/p+1. The Labute approximate surface area is 313 Å². The van der Waals surface area contributed by atoms with Crippen LogP contribution in [0.4, 0.5) is 87.8 Å². The minimum atomic E-state index is -7.22. The van der Waals surface area contributed by atoms with E-state index in [0.717, 1.165) is 6.54 Å². The Balaban J connectivity index is 0.000000395. The van der Waals surface area contributed by atoms with E-state index >= 15 is 35.1 Å². The van der Waals surface area contributed by atoms with Crippen molar-refractivity contribution in [3.8, 4) is 0 Å². The van der Waals surface area contributed by atoms with Gasteiger partial charge in [0.05, 0.1) is 6.20 Å². The van der Waals surface area contributed by atoms with E-state index in [-0.39, 0.29) is 5.56 Å². The molecule has 0 saturated heterocycles. The number of nitrogens with one attached hydrogen (secondary N) is 1. The highest BCUT2D eigenvalue weighted by atomic mass is 19.2. The normalized spacial score (nSPS) is 11.5. The maximum absolute atomic E-state index is 15.4. The first kappa shape index (κ1) is 43.8. The van der Waals surface area contributed by atoms with Gasteiger partial charge < -0.3 is 4.98 Å². The molecule has 1 aromatic heterocycles. The van der Waals surface area contributed by atoms with Gasteiger partial charge in [0.1, 0.15) is 52.7 Å². The first-order valence-electron chi connectivity index (χ1n) is 15.4. The second kappa shape index (κ2) is 16.1. The fourth-order valence-corrected chi connectivity index (χ4v) is 6.21. The van der Waals surface area contributed by atoms with Crippen LogP contribution in [0.3, 0.4) is 0 Å². The van der Waals surface area contributed by atoms with E-state index in [4.69, 9.17) is 0 Å². The molecular weight excluding hydrogens is 855 g/mol. The van der Waals surface area contributed by atoms with Gasteiger partial charge in [0, 0.05) is 5.56 Å². The Morgan fingerprint density at radius 1 is 0.390 bits per heavy atom. The van der Waals surface area contributed by atoms with E-state index < -0.39 is 144 Å². The molecule has 0 amide bonds. The van der Waals surface area contributed by atoms with E-state index in [1.54, 1.807) is 12.4 Å². The number of hydrogen-bond acceptors (Lipinski definition) is 1. The molecule has 0 fully saturated rings. The summed E-state index contributed by atoms with van der Waals surface area (Å²) in [6.07, 6.45) is -2.18. The number of aromatic amines is 1. The van der Waals surface area contributed by atoms with Crippen LogP contribution in [0.2, 0.25) is 0 Å². The summed E-state index contributed by atoms with van der Waals surface area (Å²) < 4.78 is 296. The minimum absolute atomic E-state index is 0.0802. The molecular formula is C35H11BF20N2O. The highest BCUT2D eigenvalue weighted by molar-refractivity contribution is 7.20. The average Bonchev–Trinajstić information content (AvgIpc) is 3.21. The van der Waals surface area contributed by atoms with Gasteiger partial charge in [-0.15, -0.1) is 21.9 Å². The van der Waals surface area contributed by atoms with Crippen LogP contribution in [-0.2, 0) is 6.54 Å². The van der Waals surface area contributed by atoms with Crippen LogP contribution >= 0.6 is 0 Å². The molecule has 1 heterocycles. The zero-order valence-electron chi connectivity index (χ0n) is 27.8. The van der Waals surface area contributed by atoms with Crippen LogP contribution < -0.4 is 32.0 Å². The fraction of sp³-hybridized carbons (Fsp3) is 0.0286. The molecule has 1 N–H and O–H groups in total. The lowest BCUT2D eigenvalue weighted by atomic mass is 9.12. The summed E-state index contributed by atoms with van der Waals surface area (Å²) in [5.41, 5.74) is -13.2. The van der Waals surface area contributed by atoms with Crippen molar-refractivity contribution in [1.29, 1.82) is 0 Å². The van der Waals surface area contributed by atoms with Gasteiger partial charge in [-0.1, -0.05) is 30.3 Å². The highest BCUT2D eigenvalue weighted by Gasteiger charge is 2.52. The quantitative estimate of drug-likeness (QED) is 0.0667. The van der Waals surface area contributed by atoms with Gasteiger partial charge in [0.15, 0.2) is 82.5 Å². The van der Waals surface area contributed by atoms with E-state index in [1.807, 2.05) is 41.1 Å². The Morgan fingerprint density at radius 2 is 0.644 bits per heavy atom. The van der Waals surface area contributed by atoms with E-state index in [2.05, 4.69) is 4.98 Å². The number of nitrogens with zero attached hydrogens (tertiary/aromatic N) is 1. The SMILES string of the molecule is Fc1c(F)c(F)c([B-](c2c(F)c(F)c(F)c(F)c2F)(c2c(F)c(F)c(F)c(F)c2F)c2c(F)c(F)c(F)c(F)c2F)c(F)c1F.O=c1c[n+](Cc2ccccc2)cc[nH]1. The zero-order chi connectivity index (χ0) is 44.2. The molecule has 3 nitrogen and oxygen atoms in total. The van der Waals surface area contributed by atoms with E-state index in [9.17, 15) is 57.5 Å². The summed E-state index contributed by atoms with van der Waals surface area (Å²) in [5.74, 6) is -71.4. The molecule has 6 rings (SSSR count). The summed E-state index contributed by atoms with van der Waals surface area (Å²) in [6.45, 7) is 0.727. The second-order valence-electron chi connectivity index (χ2n) is 11.9. The molecule has 310 valence electrons. The topological polar surface area (TPSA) is 36.7 Å². The van der Waals surface area contributed by atoms with E-state index in [1.165, 1.54) is 5.56 Å². The Hall–Kier alpha value is -6.36. The van der Waals surface area contributed by atoms with Gasteiger partial charge in [-0.05, 0) is 0 Å². The highest BCUT2D eigenvalue weighted by Crippen LogP contribution is 2.30. The predicted molar refractivity (Wildman–Crippen MR) is 162 cm³/mol. The van der Waals surface area contributed by atoms with Crippen molar-refractivity contribution in [1.82, 2.24) is 4.98 Å². The molecule has 0 spiro atoms. The number of hydrogen-bond donors (Lipinski definition) is 1. The molecule has 0 aliphatic rings. The maximum atomic E-state index is 15.4. The minimum Gasteiger partial charge on any atom is -0.318 e. The van der Waals surface area contributed by atoms with Crippen molar-refractivity contribution in [2.24, 2.45) is 0 Å². The molecule has 0 bridgehead atoms. The largest absolute Gasteiger partial charge is 0.318 e. The predicted octanol–water partition coefficient (Wildman–Crippen LogP) is 6.56. The number of halogens is 20. The van der Waals surface area contributed by atoms with Gasteiger partial charge in [0.2, 0.25) is 6.20 Å². The van der Waals surface area contributed by atoms with Crippen molar-refractivity contribution < 1.29 is 92.4 Å². The van der Waals surface area contributed by atoms with E-state index in [0.29, 0.717) is 0 Å². The average molecular weight is 866 g/mol. The molecule has 0 radical (unpaired) electrons. The van der Waals surface area contributed by atoms with Gasteiger partial charge in [-0.25, -0.2) is 87.8 Å². The lowest BCUT2D eigenvalue weighted by Crippen LogP contribution is -2.81. The Bertz CT molecular complexity index is 2350. The van der Waals surface area contributed by atoms with Crippen LogP contribution in [0, 0.1) is 116 Å². The molecule has 59 heavy (non-hydrogen) atoms. The Kier molecular flexibility index (Phi) is 12.0. The molecule has 0 unspecified atom stereocenters. The molecule has 0 atom stereocenters. The maximum Gasteiger partial charge on any atom is 0.312 e. The van der Waals surface area contributed by atoms with Crippen molar-refractivity contribution in [2.75, 3.05) is 0 Å². The number of benzene rings is 5. The molecule has 0 saturated carbocycles. The molecule has 6 aromatic rings. The monoisotopic (exact) mass is 866 g/mol. The molecule has 24 heteroatoms. The summed E-state index contributed by atoms with van der Waals surface area (Å²) in [6, 6.07) is 10.0. The molecule has 5 aromatic carbocycles. The molecule has 0 aliphatic carbocycles. The van der Waals surface area contributed by atoms with Crippen LogP contribution in [-0.4, -0.2) is 11.1 Å². The fourth-order valence-electron chi connectivity index (χ4n) is 6.21. The summed E-state index contributed by atoms with van der Waals surface area (Å²) >= 11 is 0. The van der Waals surface area contributed by atoms with Crippen LogP contribution in [0.25, 0.3) is 0 Å². The lowest BCUT2D eigenvalue weighted by molar-refractivity contribution is -0.689. The third-order valence-electron chi connectivity index (χ3n) is 8.69. The lowest BCUT2D eigenvalue weighted by Gasteiger charge is -2.44. The summed E-state index contributed by atoms with van der Waals surface area (Å²) in [7, 11) is 0. The third kappa shape index (κ3) is 6.92. The zero-order valence-corrected chi connectivity index (χ0v) is 27.8. The van der Waals surface area contributed by atoms with Crippen LogP contribution in [0.15, 0.2) is 53.7 Å². The smallest absolute Gasteiger partial charge is 0.312 e. The Morgan fingerprint density at radius 3 is 0.898 bits per heavy atom. The van der Waals surface area contributed by atoms with Gasteiger partial charge in [-0.2, -0.15) is 4.57 Å².